The van der Waals surface area contributed by atoms with Crippen molar-refractivity contribution in [3.05, 3.63) is 157 Å². The van der Waals surface area contributed by atoms with E-state index < -0.39 is 0 Å². The van der Waals surface area contributed by atoms with Crippen molar-refractivity contribution >= 4 is 65.6 Å². The summed E-state index contributed by atoms with van der Waals surface area (Å²) in [7, 11) is 0. The number of hydrogen-bond acceptors (Lipinski definition) is 3. The van der Waals surface area contributed by atoms with Gasteiger partial charge in [0, 0.05) is 44.2 Å². The van der Waals surface area contributed by atoms with Crippen molar-refractivity contribution in [3.8, 4) is 22.3 Å². The first-order valence-corrected chi connectivity index (χ1v) is 16.3. The summed E-state index contributed by atoms with van der Waals surface area (Å²) in [5, 5.41) is 3.79. The van der Waals surface area contributed by atoms with Crippen LogP contribution in [0.15, 0.2) is 150 Å². The lowest BCUT2D eigenvalue weighted by Gasteiger charge is -2.26. The van der Waals surface area contributed by atoms with E-state index in [0.29, 0.717) is 0 Å². The van der Waals surface area contributed by atoms with Crippen LogP contribution in [-0.4, -0.2) is 0 Å². The minimum atomic E-state index is 0.966. The third-order valence-electron chi connectivity index (χ3n) is 8.94. The largest absolute Gasteiger partial charge is 0.460 e. The van der Waals surface area contributed by atoms with Gasteiger partial charge in [-0.2, -0.15) is 0 Å². The van der Waals surface area contributed by atoms with Crippen molar-refractivity contribution in [1.82, 2.24) is 0 Å². The summed E-state index contributed by atoms with van der Waals surface area (Å²) in [4.78, 5) is 2.40. The predicted molar refractivity (Wildman–Crippen MR) is 192 cm³/mol. The van der Waals surface area contributed by atoms with Gasteiger partial charge in [-0.15, -0.1) is 11.3 Å². The van der Waals surface area contributed by atoms with Gasteiger partial charge < -0.3 is 9.32 Å². The molecule has 0 saturated carbocycles. The number of furan rings is 1. The Morgan fingerprint density at radius 2 is 1.22 bits per heavy atom. The van der Waals surface area contributed by atoms with E-state index >= 15 is 0 Å². The third-order valence-corrected chi connectivity index (χ3v) is 10.2. The molecule has 0 aliphatic heterocycles. The molecule has 0 radical (unpaired) electrons. The Balaban J connectivity index is 1.16. The molecule has 0 saturated heterocycles. The van der Waals surface area contributed by atoms with Crippen molar-refractivity contribution < 1.29 is 4.42 Å². The summed E-state index contributed by atoms with van der Waals surface area (Å²) in [5.41, 5.74) is 10.5. The molecule has 2 nitrogen and oxygen atoms in total. The topological polar surface area (TPSA) is 16.4 Å². The van der Waals surface area contributed by atoms with Crippen LogP contribution in [0.3, 0.4) is 0 Å². The van der Waals surface area contributed by atoms with Crippen molar-refractivity contribution in [3.63, 3.8) is 0 Å². The van der Waals surface area contributed by atoms with E-state index in [0.717, 1.165) is 35.6 Å². The number of benzene rings is 6. The second kappa shape index (κ2) is 10.7. The molecule has 0 amide bonds. The molecule has 45 heavy (non-hydrogen) atoms. The van der Waals surface area contributed by atoms with Crippen LogP contribution in [-0.2, 0) is 6.42 Å². The maximum atomic E-state index is 6.17. The van der Waals surface area contributed by atoms with Crippen LogP contribution in [0.25, 0.3) is 59.5 Å². The monoisotopic (exact) mass is 595 g/mol. The van der Waals surface area contributed by atoms with E-state index in [1.54, 1.807) is 0 Å². The molecule has 0 bridgehead atoms. The van der Waals surface area contributed by atoms with Gasteiger partial charge >= 0.3 is 0 Å². The van der Waals surface area contributed by atoms with Crippen LogP contribution in [0.5, 0.6) is 0 Å². The molecule has 0 unspecified atom stereocenters. The zero-order valence-corrected chi connectivity index (χ0v) is 25.4. The Morgan fingerprint density at radius 1 is 0.556 bits per heavy atom. The van der Waals surface area contributed by atoms with Gasteiger partial charge in [0.25, 0.3) is 0 Å². The SMILES string of the molecule is C1=Cc2c(oc3ccc(-c4ccc(N(c5ccc(-c6ccccc6)cc5)c5cccc6c5sc5ccccc56)cc4)cc23)CC1. The molecule has 214 valence electrons. The summed E-state index contributed by atoms with van der Waals surface area (Å²) in [6.07, 6.45) is 6.48. The van der Waals surface area contributed by atoms with E-state index in [4.69, 9.17) is 4.42 Å². The van der Waals surface area contributed by atoms with Crippen LogP contribution in [0.1, 0.15) is 17.7 Å². The fraction of sp³-hybridized carbons (Fsp3) is 0.0476. The molecule has 6 aromatic carbocycles. The lowest BCUT2D eigenvalue weighted by atomic mass is 9.98. The van der Waals surface area contributed by atoms with Gasteiger partial charge in [-0.25, -0.2) is 0 Å². The minimum Gasteiger partial charge on any atom is -0.460 e. The number of anilines is 3. The first kappa shape index (κ1) is 26.1. The summed E-state index contributed by atoms with van der Waals surface area (Å²) in [6, 6.07) is 50.5. The van der Waals surface area contributed by atoms with Crippen molar-refractivity contribution in [2.24, 2.45) is 0 Å². The number of thiophene rings is 1. The summed E-state index contributed by atoms with van der Waals surface area (Å²) < 4.78 is 8.76. The van der Waals surface area contributed by atoms with Crippen molar-refractivity contribution in [2.45, 2.75) is 12.8 Å². The highest BCUT2D eigenvalue weighted by Crippen LogP contribution is 2.45. The zero-order valence-electron chi connectivity index (χ0n) is 24.6. The van der Waals surface area contributed by atoms with Crippen LogP contribution < -0.4 is 4.90 Å². The lowest BCUT2D eigenvalue weighted by molar-refractivity contribution is 0.546. The normalized spacial score (nSPS) is 12.6. The Bertz CT molecular complexity index is 2360. The van der Waals surface area contributed by atoms with Gasteiger partial charge in [-0.1, -0.05) is 103 Å². The second-order valence-electron chi connectivity index (χ2n) is 11.6. The van der Waals surface area contributed by atoms with E-state index in [-0.39, 0.29) is 0 Å². The number of aryl methyl sites for hydroxylation is 1. The Morgan fingerprint density at radius 3 is 2.02 bits per heavy atom. The fourth-order valence-corrected chi connectivity index (χ4v) is 7.91. The highest BCUT2D eigenvalue weighted by Gasteiger charge is 2.19. The summed E-state index contributed by atoms with van der Waals surface area (Å²) in [6.45, 7) is 0. The maximum absolute atomic E-state index is 6.17. The Kier molecular flexibility index (Phi) is 6.17. The molecule has 1 aliphatic rings. The first-order chi connectivity index (χ1) is 22.3. The third kappa shape index (κ3) is 4.47. The van der Waals surface area contributed by atoms with E-state index in [2.05, 4.69) is 157 Å². The van der Waals surface area contributed by atoms with Crippen molar-refractivity contribution in [1.29, 1.82) is 0 Å². The van der Waals surface area contributed by atoms with Gasteiger partial charge in [0.1, 0.15) is 11.3 Å². The lowest BCUT2D eigenvalue weighted by Crippen LogP contribution is -2.10. The molecular weight excluding hydrogens is 567 g/mol. The van der Waals surface area contributed by atoms with Crippen LogP contribution in [0, 0.1) is 0 Å². The molecule has 0 spiro atoms. The molecule has 2 aromatic heterocycles. The minimum absolute atomic E-state index is 0.966. The average Bonchev–Trinajstić information content (AvgIpc) is 3.68. The van der Waals surface area contributed by atoms with Gasteiger partial charge in [0.2, 0.25) is 0 Å². The number of allylic oxidation sites excluding steroid dienone is 1. The average molecular weight is 596 g/mol. The molecule has 1 aliphatic carbocycles. The van der Waals surface area contributed by atoms with Gasteiger partial charge in [-0.3, -0.25) is 0 Å². The molecule has 0 N–H and O–H groups in total. The fourth-order valence-electron chi connectivity index (χ4n) is 6.70. The maximum Gasteiger partial charge on any atom is 0.134 e. The van der Waals surface area contributed by atoms with Gasteiger partial charge in [-0.05, 0) is 77.2 Å². The summed E-state index contributed by atoms with van der Waals surface area (Å²) >= 11 is 1.86. The van der Waals surface area contributed by atoms with E-state index in [9.17, 15) is 0 Å². The molecule has 2 heterocycles. The Labute approximate surface area is 266 Å². The standard InChI is InChI=1S/C42H29NOS/c1-2-9-28(10-3-1)29-17-22-32(23-18-29)43(38-14-8-13-36-35-12-5-7-16-41(35)45-42(36)38)33-24-19-30(20-25-33)31-21-26-40-37(27-31)34-11-4-6-15-39(34)44-40/h1-5,7-14,16-27H,6,15H2. The molecule has 3 heteroatoms. The molecule has 8 aromatic rings. The first-order valence-electron chi connectivity index (χ1n) is 15.5. The van der Waals surface area contributed by atoms with Gasteiger partial charge in [0.05, 0.1) is 10.4 Å². The van der Waals surface area contributed by atoms with Crippen LogP contribution >= 0.6 is 11.3 Å². The predicted octanol–water partition coefficient (Wildman–Crippen LogP) is 12.6. The Hall–Kier alpha value is -5.38. The molecule has 0 atom stereocenters. The van der Waals surface area contributed by atoms with E-state index in [1.807, 2.05) is 11.3 Å². The highest BCUT2D eigenvalue weighted by molar-refractivity contribution is 7.26. The number of hydrogen-bond donors (Lipinski definition) is 0. The smallest absolute Gasteiger partial charge is 0.134 e. The second-order valence-corrected chi connectivity index (χ2v) is 12.7. The van der Waals surface area contributed by atoms with Gasteiger partial charge in [0.15, 0.2) is 0 Å². The highest BCUT2D eigenvalue weighted by atomic mass is 32.1. The zero-order chi connectivity index (χ0) is 29.7. The number of nitrogens with zero attached hydrogens (tertiary/aromatic N) is 1. The summed E-state index contributed by atoms with van der Waals surface area (Å²) in [5.74, 6) is 1.10. The number of rotatable bonds is 5. The van der Waals surface area contributed by atoms with Crippen LogP contribution in [0.2, 0.25) is 0 Å². The molecule has 0 fully saturated rings. The number of fused-ring (bicyclic) bond motifs is 6. The van der Waals surface area contributed by atoms with Crippen molar-refractivity contribution in [2.75, 3.05) is 4.90 Å². The molecule has 9 rings (SSSR count). The quantitative estimate of drug-likeness (QED) is 0.197. The molecular formula is C42H29NOS. The van der Waals surface area contributed by atoms with Crippen LogP contribution in [0.4, 0.5) is 17.1 Å². The van der Waals surface area contributed by atoms with E-state index in [1.165, 1.54) is 59.1 Å².